The first-order valence-corrected chi connectivity index (χ1v) is 9.50. The topological polar surface area (TPSA) is 19.6 Å². The lowest BCUT2D eigenvalue weighted by atomic mass is 10.2. The van der Waals surface area contributed by atoms with Crippen LogP contribution in [0.2, 0.25) is 10.0 Å². The number of rotatable bonds is 4. The van der Waals surface area contributed by atoms with E-state index in [2.05, 4.69) is 21.9 Å². The molecule has 1 aliphatic rings. The summed E-state index contributed by atoms with van der Waals surface area (Å²) in [4.78, 5) is 4.80. The van der Waals surface area contributed by atoms with E-state index in [1.165, 1.54) is 5.69 Å². The monoisotopic (exact) mass is 386 g/mol. The maximum atomic E-state index is 6.10. The van der Waals surface area contributed by atoms with E-state index >= 15 is 0 Å². The molecule has 0 aliphatic carbocycles. The van der Waals surface area contributed by atoms with Gasteiger partial charge in [-0.2, -0.15) is 0 Å². The van der Waals surface area contributed by atoms with Gasteiger partial charge in [0.05, 0.1) is 6.54 Å². The summed E-state index contributed by atoms with van der Waals surface area (Å²) in [6.07, 6.45) is 0. The summed E-state index contributed by atoms with van der Waals surface area (Å²) in [7, 11) is 0. The van der Waals surface area contributed by atoms with Crippen molar-refractivity contribution in [2.45, 2.75) is 6.54 Å². The first-order valence-electron chi connectivity index (χ1n) is 8.75. The van der Waals surface area contributed by atoms with Crippen LogP contribution in [0.1, 0.15) is 5.76 Å². The van der Waals surface area contributed by atoms with Crippen LogP contribution in [-0.2, 0) is 6.54 Å². The molecule has 0 radical (unpaired) electrons. The fraction of sp³-hybridized carbons (Fsp3) is 0.238. The highest BCUT2D eigenvalue weighted by molar-refractivity contribution is 6.31. The van der Waals surface area contributed by atoms with Gasteiger partial charge in [-0.3, -0.25) is 4.90 Å². The molecule has 3 nitrogen and oxygen atoms in total. The molecule has 0 atom stereocenters. The van der Waals surface area contributed by atoms with Crippen molar-refractivity contribution < 1.29 is 4.42 Å². The van der Waals surface area contributed by atoms with E-state index in [4.69, 9.17) is 27.6 Å². The molecule has 2 aromatic carbocycles. The van der Waals surface area contributed by atoms with Crippen LogP contribution in [0.15, 0.2) is 65.1 Å². The number of hydrogen-bond acceptors (Lipinski definition) is 3. The Balaban J connectivity index is 1.35. The second kappa shape index (κ2) is 7.75. The number of nitrogens with zero attached hydrogens (tertiary/aromatic N) is 2. The molecule has 0 bridgehead atoms. The second-order valence-electron chi connectivity index (χ2n) is 6.52. The molecule has 0 saturated carbocycles. The van der Waals surface area contributed by atoms with Gasteiger partial charge in [0.2, 0.25) is 0 Å². The third kappa shape index (κ3) is 4.07. The minimum atomic E-state index is 0.734. The zero-order valence-corrected chi connectivity index (χ0v) is 15.9. The second-order valence-corrected chi connectivity index (χ2v) is 7.39. The zero-order chi connectivity index (χ0) is 17.9. The third-order valence-electron chi connectivity index (χ3n) is 4.72. The van der Waals surface area contributed by atoms with Gasteiger partial charge in [0, 0.05) is 47.5 Å². The fourth-order valence-electron chi connectivity index (χ4n) is 3.29. The number of halogens is 2. The molecule has 0 spiro atoms. The number of benzene rings is 2. The first-order chi connectivity index (χ1) is 12.7. The molecule has 0 amide bonds. The van der Waals surface area contributed by atoms with E-state index in [-0.39, 0.29) is 0 Å². The minimum absolute atomic E-state index is 0.734. The average Bonchev–Trinajstić information content (AvgIpc) is 3.11. The van der Waals surface area contributed by atoms with Crippen LogP contribution in [0.3, 0.4) is 0 Å². The van der Waals surface area contributed by atoms with Gasteiger partial charge in [0.1, 0.15) is 11.5 Å². The van der Waals surface area contributed by atoms with E-state index in [9.17, 15) is 0 Å². The Kier molecular flexibility index (Phi) is 5.21. The first kappa shape index (κ1) is 17.5. The van der Waals surface area contributed by atoms with Gasteiger partial charge in [0.15, 0.2) is 0 Å². The van der Waals surface area contributed by atoms with Gasteiger partial charge in [-0.25, -0.2) is 0 Å². The highest BCUT2D eigenvalue weighted by Gasteiger charge is 2.18. The van der Waals surface area contributed by atoms with Crippen molar-refractivity contribution in [2.24, 2.45) is 0 Å². The van der Waals surface area contributed by atoms with Crippen molar-refractivity contribution in [3.8, 4) is 11.3 Å². The van der Waals surface area contributed by atoms with Gasteiger partial charge in [0.25, 0.3) is 0 Å². The van der Waals surface area contributed by atoms with Gasteiger partial charge in [-0.1, -0.05) is 29.3 Å². The standard InChI is InChI=1S/C21H20Cl2N2O/c22-17-6-4-16(5-7-17)21-9-8-20(26-21)15-24-10-12-25(13-11-24)19-3-1-2-18(23)14-19/h1-9,14H,10-13,15H2. The number of furan rings is 1. The summed E-state index contributed by atoms with van der Waals surface area (Å²) in [6.45, 7) is 4.82. The quantitative estimate of drug-likeness (QED) is 0.583. The predicted octanol–water partition coefficient (Wildman–Crippen LogP) is 5.58. The minimum Gasteiger partial charge on any atom is -0.460 e. The summed E-state index contributed by atoms with van der Waals surface area (Å²) in [5.74, 6) is 1.88. The number of anilines is 1. The van der Waals surface area contributed by atoms with Gasteiger partial charge >= 0.3 is 0 Å². The van der Waals surface area contributed by atoms with Crippen molar-refractivity contribution in [2.75, 3.05) is 31.1 Å². The summed E-state index contributed by atoms with van der Waals surface area (Å²) < 4.78 is 6.02. The highest BCUT2D eigenvalue weighted by Crippen LogP contribution is 2.25. The van der Waals surface area contributed by atoms with Crippen LogP contribution in [0.25, 0.3) is 11.3 Å². The van der Waals surface area contributed by atoms with Crippen LogP contribution in [0.4, 0.5) is 5.69 Å². The van der Waals surface area contributed by atoms with E-state index in [1.54, 1.807) is 0 Å². The molecule has 0 unspecified atom stereocenters. The summed E-state index contributed by atoms with van der Waals surface area (Å²) >= 11 is 12.1. The highest BCUT2D eigenvalue weighted by atomic mass is 35.5. The molecule has 2 heterocycles. The largest absolute Gasteiger partial charge is 0.460 e. The summed E-state index contributed by atoms with van der Waals surface area (Å²) in [5.41, 5.74) is 2.24. The maximum absolute atomic E-state index is 6.10. The molecule has 1 aliphatic heterocycles. The van der Waals surface area contributed by atoms with Gasteiger partial charge in [-0.15, -0.1) is 0 Å². The molecule has 26 heavy (non-hydrogen) atoms. The van der Waals surface area contributed by atoms with E-state index < -0.39 is 0 Å². The van der Waals surface area contributed by atoms with Crippen LogP contribution >= 0.6 is 23.2 Å². The molecule has 1 saturated heterocycles. The van der Waals surface area contributed by atoms with E-state index in [1.807, 2.05) is 48.5 Å². The zero-order valence-electron chi connectivity index (χ0n) is 14.4. The van der Waals surface area contributed by atoms with Gasteiger partial charge < -0.3 is 9.32 Å². The van der Waals surface area contributed by atoms with Gasteiger partial charge in [-0.05, 0) is 54.6 Å². The molecule has 1 fully saturated rings. The Morgan fingerprint density at radius 2 is 1.58 bits per heavy atom. The Bertz CT molecular complexity index is 868. The molecule has 134 valence electrons. The van der Waals surface area contributed by atoms with Crippen molar-refractivity contribution in [1.82, 2.24) is 4.90 Å². The van der Waals surface area contributed by atoms with Crippen molar-refractivity contribution in [3.05, 3.63) is 76.5 Å². The molecule has 1 aromatic heterocycles. The molecule has 5 heteroatoms. The normalized spacial score (nSPS) is 15.4. The van der Waals surface area contributed by atoms with E-state index in [0.717, 1.165) is 59.9 Å². The maximum Gasteiger partial charge on any atom is 0.134 e. The molecular weight excluding hydrogens is 367 g/mol. The average molecular weight is 387 g/mol. The summed E-state index contributed by atoms with van der Waals surface area (Å²) in [5, 5.41) is 1.52. The smallest absolute Gasteiger partial charge is 0.134 e. The SMILES string of the molecule is Clc1ccc(-c2ccc(CN3CCN(c4cccc(Cl)c4)CC3)o2)cc1. The molecule has 0 N–H and O–H groups in total. The number of piperazine rings is 1. The Morgan fingerprint density at radius 3 is 2.31 bits per heavy atom. The van der Waals surface area contributed by atoms with Crippen molar-refractivity contribution in [3.63, 3.8) is 0 Å². The fourth-order valence-corrected chi connectivity index (χ4v) is 3.60. The summed E-state index contributed by atoms with van der Waals surface area (Å²) in [6, 6.07) is 19.9. The van der Waals surface area contributed by atoms with Crippen LogP contribution in [0, 0.1) is 0 Å². The lowest BCUT2D eigenvalue weighted by Crippen LogP contribution is -2.45. The lowest BCUT2D eigenvalue weighted by molar-refractivity contribution is 0.231. The molecule has 3 aromatic rings. The van der Waals surface area contributed by atoms with Crippen LogP contribution in [0.5, 0.6) is 0 Å². The van der Waals surface area contributed by atoms with Crippen molar-refractivity contribution in [1.29, 1.82) is 0 Å². The Morgan fingerprint density at radius 1 is 0.808 bits per heavy atom. The molecular formula is C21H20Cl2N2O. The van der Waals surface area contributed by atoms with Crippen LogP contribution in [-0.4, -0.2) is 31.1 Å². The Hall–Kier alpha value is -1.94. The van der Waals surface area contributed by atoms with Crippen molar-refractivity contribution >= 4 is 28.9 Å². The molecule has 4 rings (SSSR count). The van der Waals surface area contributed by atoms with Crippen LogP contribution < -0.4 is 4.90 Å². The number of hydrogen-bond donors (Lipinski definition) is 0. The Labute approximate surface area is 163 Å². The lowest BCUT2D eigenvalue weighted by Gasteiger charge is -2.35. The predicted molar refractivity (Wildman–Crippen MR) is 108 cm³/mol. The van der Waals surface area contributed by atoms with E-state index in [0.29, 0.717) is 0 Å². The third-order valence-corrected chi connectivity index (χ3v) is 5.20.